The van der Waals surface area contributed by atoms with Crippen LogP contribution in [-0.4, -0.2) is 13.4 Å². The van der Waals surface area contributed by atoms with Crippen LogP contribution in [0, 0.1) is 5.82 Å². The predicted molar refractivity (Wildman–Crippen MR) is 93.7 cm³/mol. The van der Waals surface area contributed by atoms with Crippen LogP contribution >= 0.6 is 11.6 Å². The van der Waals surface area contributed by atoms with E-state index in [0.29, 0.717) is 6.42 Å². The zero-order chi connectivity index (χ0) is 17.6. The molecule has 2 rings (SSSR count). The van der Waals surface area contributed by atoms with Crippen molar-refractivity contribution in [1.82, 2.24) is 9.71 Å². The molecule has 4 nitrogen and oxygen atoms in total. The second kappa shape index (κ2) is 8.55. The summed E-state index contributed by atoms with van der Waals surface area (Å²) in [5.74, 6) is -0.883. The maximum atomic E-state index is 13.3. The van der Waals surface area contributed by atoms with Gasteiger partial charge >= 0.3 is 0 Å². The predicted octanol–water partition coefficient (Wildman–Crippen LogP) is 4.23. The number of unbranched alkanes of at least 4 members (excludes halogenated alkanes) is 1. The molecule has 24 heavy (non-hydrogen) atoms. The van der Waals surface area contributed by atoms with Crippen molar-refractivity contribution in [2.24, 2.45) is 0 Å². The van der Waals surface area contributed by atoms with Gasteiger partial charge in [-0.05, 0) is 41.8 Å². The molecule has 0 radical (unpaired) electrons. The quantitative estimate of drug-likeness (QED) is 0.756. The second-order valence-corrected chi connectivity index (χ2v) is 7.75. The Balaban J connectivity index is 2.19. The lowest BCUT2D eigenvalue weighted by molar-refractivity contribution is 0.524. The van der Waals surface area contributed by atoms with Crippen molar-refractivity contribution in [2.75, 3.05) is 0 Å². The number of aromatic nitrogens is 1. The molecule has 1 aromatic heterocycles. The fraction of sp³-hybridized carbons (Fsp3) is 0.353. The Morgan fingerprint density at radius 1 is 1.33 bits per heavy atom. The van der Waals surface area contributed by atoms with Gasteiger partial charge in [0.25, 0.3) is 0 Å². The minimum absolute atomic E-state index is 0.230. The van der Waals surface area contributed by atoms with Crippen molar-refractivity contribution in [1.29, 1.82) is 0 Å². The van der Waals surface area contributed by atoms with E-state index >= 15 is 0 Å². The summed E-state index contributed by atoms with van der Waals surface area (Å²) in [5.41, 5.74) is 1.05. The Hall–Kier alpha value is -1.50. The largest absolute Gasteiger partial charge is 0.264 e. The average molecular weight is 371 g/mol. The van der Waals surface area contributed by atoms with Gasteiger partial charge in [-0.2, -0.15) is 0 Å². The van der Waals surface area contributed by atoms with Gasteiger partial charge in [0.2, 0.25) is 10.0 Å². The first kappa shape index (κ1) is 18.8. The van der Waals surface area contributed by atoms with Crippen LogP contribution < -0.4 is 4.72 Å². The van der Waals surface area contributed by atoms with Gasteiger partial charge in [-0.25, -0.2) is 17.5 Å². The number of hydrogen-bond donors (Lipinski definition) is 1. The van der Waals surface area contributed by atoms with Crippen molar-refractivity contribution in [3.63, 3.8) is 0 Å². The summed E-state index contributed by atoms with van der Waals surface area (Å²) < 4.78 is 41.0. The highest BCUT2D eigenvalue weighted by Crippen LogP contribution is 2.23. The molecule has 0 aliphatic carbocycles. The average Bonchev–Trinajstić information content (AvgIpc) is 2.55. The molecule has 0 aliphatic heterocycles. The highest BCUT2D eigenvalue weighted by atomic mass is 35.5. The molecule has 0 bridgehead atoms. The van der Waals surface area contributed by atoms with E-state index in [9.17, 15) is 12.8 Å². The summed E-state index contributed by atoms with van der Waals surface area (Å²) in [7, 11) is -3.68. The van der Waals surface area contributed by atoms with Crippen LogP contribution in [0.5, 0.6) is 0 Å². The number of hydrogen-bond acceptors (Lipinski definition) is 3. The first-order valence-corrected chi connectivity index (χ1v) is 9.78. The number of nitrogens with zero attached hydrogens (tertiary/aromatic N) is 1. The lowest BCUT2D eigenvalue weighted by Crippen LogP contribution is -2.30. The number of halogens is 2. The molecule has 1 N–H and O–H groups in total. The smallest absolute Gasteiger partial charge is 0.216 e. The molecule has 2 aromatic rings. The standard InChI is InChI=1S/C17H20ClFN2O2S/c1-2-3-6-17(13-5-4-9-20-11-13)21-24(22,23)12-14-10-15(19)7-8-16(14)18/h4-5,7-11,17,21H,2-3,6,12H2,1H3. The summed E-state index contributed by atoms with van der Waals surface area (Å²) in [6.07, 6.45) is 5.79. The maximum Gasteiger partial charge on any atom is 0.216 e. The molecule has 0 fully saturated rings. The Morgan fingerprint density at radius 3 is 2.79 bits per heavy atom. The van der Waals surface area contributed by atoms with Gasteiger partial charge in [0, 0.05) is 23.5 Å². The molecule has 0 aliphatic rings. The minimum atomic E-state index is -3.68. The number of nitrogens with one attached hydrogen (secondary N) is 1. The van der Waals surface area contributed by atoms with Gasteiger partial charge in [-0.1, -0.05) is 37.4 Å². The van der Waals surface area contributed by atoms with Crippen molar-refractivity contribution in [3.05, 3.63) is 64.7 Å². The number of rotatable bonds is 8. The third-order valence-electron chi connectivity index (χ3n) is 3.61. The summed E-state index contributed by atoms with van der Waals surface area (Å²) in [4.78, 5) is 4.05. The summed E-state index contributed by atoms with van der Waals surface area (Å²) in [5, 5.41) is 0.230. The van der Waals surface area contributed by atoms with Crippen LogP contribution in [0.15, 0.2) is 42.7 Å². The highest BCUT2D eigenvalue weighted by Gasteiger charge is 2.21. The van der Waals surface area contributed by atoms with E-state index in [1.54, 1.807) is 18.5 Å². The topological polar surface area (TPSA) is 59.1 Å². The zero-order valence-electron chi connectivity index (χ0n) is 13.4. The van der Waals surface area contributed by atoms with E-state index < -0.39 is 15.8 Å². The van der Waals surface area contributed by atoms with Crippen molar-refractivity contribution >= 4 is 21.6 Å². The van der Waals surface area contributed by atoms with E-state index in [-0.39, 0.29) is 22.4 Å². The molecule has 0 saturated carbocycles. The van der Waals surface area contributed by atoms with Crippen LogP contribution in [0.3, 0.4) is 0 Å². The molecule has 0 amide bonds. The van der Waals surface area contributed by atoms with Crippen LogP contribution in [0.25, 0.3) is 0 Å². The minimum Gasteiger partial charge on any atom is -0.264 e. The third kappa shape index (κ3) is 5.54. The van der Waals surface area contributed by atoms with Gasteiger partial charge in [-0.3, -0.25) is 4.98 Å². The maximum absolute atomic E-state index is 13.3. The monoisotopic (exact) mass is 370 g/mol. The molecule has 1 aromatic carbocycles. The van der Waals surface area contributed by atoms with E-state index in [1.165, 1.54) is 12.1 Å². The van der Waals surface area contributed by atoms with Crippen LogP contribution in [0.4, 0.5) is 4.39 Å². The highest BCUT2D eigenvalue weighted by molar-refractivity contribution is 7.88. The normalized spacial score (nSPS) is 13.0. The van der Waals surface area contributed by atoms with Crippen LogP contribution in [-0.2, 0) is 15.8 Å². The zero-order valence-corrected chi connectivity index (χ0v) is 14.9. The molecular formula is C17H20ClFN2O2S. The molecule has 1 unspecified atom stereocenters. The number of sulfonamides is 1. The number of pyridine rings is 1. The SMILES string of the molecule is CCCCC(NS(=O)(=O)Cc1cc(F)ccc1Cl)c1cccnc1. The molecule has 130 valence electrons. The molecule has 1 atom stereocenters. The lowest BCUT2D eigenvalue weighted by Gasteiger charge is -2.19. The van der Waals surface area contributed by atoms with E-state index in [1.807, 2.05) is 13.0 Å². The summed E-state index contributed by atoms with van der Waals surface area (Å²) in [6.45, 7) is 2.04. The summed E-state index contributed by atoms with van der Waals surface area (Å²) in [6, 6.07) is 6.95. The van der Waals surface area contributed by atoms with E-state index in [2.05, 4.69) is 9.71 Å². The molecule has 1 heterocycles. The van der Waals surface area contributed by atoms with Gasteiger partial charge in [0.1, 0.15) is 5.82 Å². The summed E-state index contributed by atoms with van der Waals surface area (Å²) >= 11 is 5.97. The second-order valence-electron chi connectivity index (χ2n) is 5.59. The Bertz CT molecular complexity index is 769. The van der Waals surface area contributed by atoms with Gasteiger partial charge in [-0.15, -0.1) is 0 Å². The molecule has 7 heteroatoms. The molecule has 0 spiro atoms. The van der Waals surface area contributed by atoms with E-state index in [4.69, 9.17) is 11.6 Å². The van der Waals surface area contributed by atoms with Crippen molar-refractivity contribution < 1.29 is 12.8 Å². The third-order valence-corrected chi connectivity index (χ3v) is 5.31. The Kier molecular flexibility index (Phi) is 6.71. The Morgan fingerprint density at radius 2 is 2.12 bits per heavy atom. The fourth-order valence-electron chi connectivity index (χ4n) is 2.40. The Labute approximate surface area is 147 Å². The van der Waals surface area contributed by atoms with Gasteiger partial charge < -0.3 is 0 Å². The van der Waals surface area contributed by atoms with Crippen LogP contribution in [0.1, 0.15) is 43.4 Å². The van der Waals surface area contributed by atoms with Crippen LogP contribution in [0.2, 0.25) is 5.02 Å². The van der Waals surface area contributed by atoms with Gasteiger partial charge in [0.15, 0.2) is 0 Å². The first-order chi connectivity index (χ1) is 11.4. The fourth-order valence-corrected chi connectivity index (χ4v) is 4.08. The van der Waals surface area contributed by atoms with E-state index in [0.717, 1.165) is 24.5 Å². The number of benzene rings is 1. The molecule has 0 saturated heterocycles. The van der Waals surface area contributed by atoms with Gasteiger partial charge in [0.05, 0.1) is 5.75 Å². The lowest BCUT2D eigenvalue weighted by atomic mass is 10.0. The first-order valence-electron chi connectivity index (χ1n) is 7.75. The van der Waals surface area contributed by atoms with Crippen molar-refractivity contribution in [2.45, 2.75) is 38.0 Å². The molecular weight excluding hydrogens is 351 g/mol. The van der Waals surface area contributed by atoms with Crippen molar-refractivity contribution in [3.8, 4) is 0 Å².